The molecule has 1 unspecified atom stereocenters. The van der Waals surface area contributed by atoms with Crippen LogP contribution in [0, 0.1) is 0 Å². The van der Waals surface area contributed by atoms with Gasteiger partial charge in [0.05, 0.1) is 0 Å². The quantitative estimate of drug-likeness (QED) is 0.827. The molecule has 5 heteroatoms. The number of aliphatic hydroxyl groups is 1. The SMILES string of the molecule is OC(c1ccc(Br)cc1)c1cc2c(cc1Br)OCCO2. The molecule has 3 nitrogen and oxygen atoms in total. The smallest absolute Gasteiger partial charge is 0.162 e. The van der Waals surface area contributed by atoms with Crippen molar-refractivity contribution >= 4 is 31.9 Å². The molecule has 1 aliphatic rings. The van der Waals surface area contributed by atoms with Gasteiger partial charge in [0, 0.05) is 14.5 Å². The van der Waals surface area contributed by atoms with Crippen LogP contribution in [0.5, 0.6) is 11.5 Å². The van der Waals surface area contributed by atoms with Gasteiger partial charge in [-0.1, -0.05) is 44.0 Å². The summed E-state index contributed by atoms with van der Waals surface area (Å²) in [6.45, 7) is 1.08. The van der Waals surface area contributed by atoms with Gasteiger partial charge in [0.1, 0.15) is 19.3 Å². The summed E-state index contributed by atoms with van der Waals surface area (Å²) in [4.78, 5) is 0. The molecular formula is C15H12Br2O3. The Morgan fingerprint density at radius 1 is 0.950 bits per heavy atom. The summed E-state index contributed by atoms with van der Waals surface area (Å²) in [5.41, 5.74) is 1.59. The lowest BCUT2D eigenvalue weighted by Gasteiger charge is -2.21. The maximum absolute atomic E-state index is 10.5. The largest absolute Gasteiger partial charge is 0.486 e. The second-order valence-electron chi connectivity index (χ2n) is 4.47. The van der Waals surface area contributed by atoms with Gasteiger partial charge in [-0.2, -0.15) is 0 Å². The summed E-state index contributed by atoms with van der Waals surface area (Å²) in [5.74, 6) is 1.38. The predicted octanol–water partition coefficient (Wildman–Crippen LogP) is 4.06. The molecule has 0 bridgehead atoms. The minimum absolute atomic E-state index is 0.530. The van der Waals surface area contributed by atoms with Crippen LogP contribution in [0.1, 0.15) is 17.2 Å². The van der Waals surface area contributed by atoms with E-state index >= 15 is 0 Å². The van der Waals surface area contributed by atoms with Crippen molar-refractivity contribution in [3.8, 4) is 11.5 Å². The van der Waals surface area contributed by atoms with Crippen LogP contribution < -0.4 is 9.47 Å². The predicted molar refractivity (Wildman–Crippen MR) is 83.3 cm³/mol. The molecule has 1 heterocycles. The molecule has 0 spiro atoms. The number of hydrogen-bond donors (Lipinski definition) is 1. The van der Waals surface area contributed by atoms with Gasteiger partial charge in [-0.3, -0.25) is 0 Å². The third kappa shape index (κ3) is 2.71. The first-order valence-corrected chi connectivity index (χ1v) is 7.76. The Morgan fingerprint density at radius 3 is 2.20 bits per heavy atom. The first kappa shape index (κ1) is 13.9. The summed E-state index contributed by atoms with van der Waals surface area (Å²) >= 11 is 6.87. The van der Waals surface area contributed by atoms with Gasteiger partial charge in [-0.05, 0) is 29.8 Å². The van der Waals surface area contributed by atoms with Crippen molar-refractivity contribution in [3.63, 3.8) is 0 Å². The van der Waals surface area contributed by atoms with Crippen LogP contribution >= 0.6 is 31.9 Å². The van der Waals surface area contributed by atoms with E-state index in [1.54, 1.807) is 0 Å². The molecular weight excluding hydrogens is 388 g/mol. The molecule has 0 saturated heterocycles. The van der Waals surface area contributed by atoms with E-state index in [1.165, 1.54) is 0 Å². The third-order valence-corrected chi connectivity index (χ3v) is 4.36. The Hall–Kier alpha value is -1.04. The summed E-state index contributed by atoms with van der Waals surface area (Å²) in [6, 6.07) is 11.3. The van der Waals surface area contributed by atoms with E-state index in [2.05, 4.69) is 31.9 Å². The molecule has 0 amide bonds. The molecule has 1 atom stereocenters. The maximum Gasteiger partial charge on any atom is 0.162 e. The van der Waals surface area contributed by atoms with Crippen molar-refractivity contribution in [1.82, 2.24) is 0 Å². The van der Waals surface area contributed by atoms with Gasteiger partial charge in [0.15, 0.2) is 11.5 Å². The lowest BCUT2D eigenvalue weighted by molar-refractivity contribution is 0.169. The summed E-state index contributed by atoms with van der Waals surface area (Å²) in [6.07, 6.45) is -0.715. The van der Waals surface area contributed by atoms with Gasteiger partial charge in [0.25, 0.3) is 0 Å². The van der Waals surface area contributed by atoms with Crippen LogP contribution in [-0.2, 0) is 0 Å². The molecule has 2 aromatic carbocycles. The topological polar surface area (TPSA) is 38.7 Å². The molecule has 1 aliphatic heterocycles. The van der Waals surface area contributed by atoms with E-state index in [9.17, 15) is 5.11 Å². The third-order valence-electron chi connectivity index (χ3n) is 3.14. The monoisotopic (exact) mass is 398 g/mol. The van der Waals surface area contributed by atoms with E-state index in [-0.39, 0.29) is 0 Å². The highest BCUT2D eigenvalue weighted by Crippen LogP contribution is 2.39. The fourth-order valence-electron chi connectivity index (χ4n) is 2.11. The summed E-state index contributed by atoms with van der Waals surface area (Å²) in [7, 11) is 0. The van der Waals surface area contributed by atoms with Crippen LogP contribution in [0.25, 0.3) is 0 Å². The van der Waals surface area contributed by atoms with Gasteiger partial charge in [-0.25, -0.2) is 0 Å². The molecule has 0 fully saturated rings. The fourth-order valence-corrected chi connectivity index (χ4v) is 2.92. The van der Waals surface area contributed by atoms with Crippen molar-refractivity contribution < 1.29 is 14.6 Å². The summed E-state index contributed by atoms with van der Waals surface area (Å²) < 4.78 is 12.9. The van der Waals surface area contributed by atoms with Crippen LogP contribution in [0.4, 0.5) is 0 Å². The van der Waals surface area contributed by atoms with E-state index in [0.29, 0.717) is 24.7 Å². The van der Waals surface area contributed by atoms with Crippen molar-refractivity contribution in [2.24, 2.45) is 0 Å². The second kappa shape index (κ2) is 5.76. The molecule has 2 aromatic rings. The Bertz CT molecular complexity index is 626. The molecule has 3 rings (SSSR count). The number of benzene rings is 2. The van der Waals surface area contributed by atoms with E-state index in [4.69, 9.17) is 9.47 Å². The van der Waals surface area contributed by atoms with Crippen LogP contribution in [0.2, 0.25) is 0 Å². The molecule has 0 aliphatic carbocycles. The van der Waals surface area contributed by atoms with Crippen molar-refractivity contribution in [3.05, 3.63) is 56.5 Å². The number of rotatable bonds is 2. The average molecular weight is 400 g/mol. The van der Waals surface area contributed by atoms with Crippen molar-refractivity contribution in [2.45, 2.75) is 6.10 Å². The van der Waals surface area contributed by atoms with Crippen LogP contribution in [0.15, 0.2) is 45.3 Å². The maximum atomic E-state index is 10.5. The Balaban J connectivity index is 1.98. The highest BCUT2D eigenvalue weighted by Gasteiger charge is 2.20. The Morgan fingerprint density at radius 2 is 1.55 bits per heavy atom. The summed E-state index contributed by atoms with van der Waals surface area (Å²) in [5, 5.41) is 10.5. The second-order valence-corrected chi connectivity index (χ2v) is 6.24. The number of hydrogen-bond acceptors (Lipinski definition) is 3. The van der Waals surface area contributed by atoms with Crippen LogP contribution in [0.3, 0.4) is 0 Å². The minimum atomic E-state index is -0.715. The zero-order valence-corrected chi connectivity index (χ0v) is 13.6. The van der Waals surface area contributed by atoms with Crippen LogP contribution in [-0.4, -0.2) is 18.3 Å². The minimum Gasteiger partial charge on any atom is -0.486 e. The van der Waals surface area contributed by atoms with Gasteiger partial charge in [-0.15, -0.1) is 0 Å². The average Bonchev–Trinajstić information content (AvgIpc) is 2.46. The number of aliphatic hydroxyl groups excluding tert-OH is 1. The van der Waals surface area contributed by atoms with Gasteiger partial charge < -0.3 is 14.6 Å². The number of halogens is 2. The standard InChI is InChI=1S/C15H12Br2O3/c16-10-3-1-9(2-4-10)15(18)11-7-13-14(8-12(11)17)20-6-5-19-13/h1-4,7-8,15,18H,5-6H2. The number of fused-ring (bicyclic) bond motifs is 1. The number of ether oxygens (including phenoxy) is 2. The van der Waals surface area contributed by atoms with E-state index in [0.717, 1.165) is 20.1 Å². The van der Waals surface area contributed by atoms with E-state index in [1.807, 2.05) is 36.4 Å². The molecule has 0 radical (unpaired) electrons. The first-order valence-electron chi connectivity index (χ1n) is 6.18. The highest BCUT2D eigenvalue weighted by molar-refractivity contribution is 9.10. The molecule has 0 aromatic heterocycles. The zero-order valence-electron chi connectivity index (χ0n) is 10.5. The first-order chi connectivity index (χ1) is 9.65. The van der Waals surface area contributed by atoms with Crippen molar-refractivity contribution in [2.75, 3.05) is 13.2 Å². The lowest BCUT2D eigenvalue weighted by Crippen LogP contribution is -2.16. The zero-order chi connectivity index (χ0) is 14.1. The van der Waals surface area contributed by atoms with Gasteiger partial charge in [0.2, 0.25) is 0 Å². The lowest BCUT2D eigenvalue weighted by atomic mass is 10.0. The van der Waals surface area contributed by atoms with Gasteiger partial charge >= 0.3 is 0 Å². The fraction of sp³-hybridized carbons (Fsp3) is 0.200. The Labute approximate surface area is 133 Å². The van der Waals surface area contributed by atoms with E-state index < -0.39 is 6.10 Å². The van der Waals surface area contributed by atoms with Crippen molar-refractivity contribution in [1.29, 1.82) is 0 Å². The molecule has 1 N–H and O–H groups in total. The Kier molecular flexibility index (Phi) is 4.01. The normalized spacial score (nSPS) is 14.9. The molecule has 104 valence electrons. The highest BCUT2D eigenvalue weighted by atomic mass is 79.9. The molecule has 0 saturated carbocycles. The molecule has 20 heavy (non-hydrogen) atoms.